The van der Waals surface area contributed by atoms with E-state index in [-0.39, 0.29) is 6.09 Å². The molecule has 1 aliphatic rings. The van der Waals surface area contributed by atoms with E-state index >= 15 is 0 Å². The van der Waals surface area contributed by atoms with Crippen LogP contribution in [-0.4, -0.2) is 42.8 Å². The highest BCUT2D eigenvalue weighted by atomic mass is 35.5. The lowest BCUT2D eigenvalue weighted by Gasteiger charge is -2.21. The summed E-state index contributed by atoms with van der Waals surface area (Å²) in [5, 5.41) is 3.90. The topological polar surface area (TPSA) is 50.8 Å². The maximum atomic E-state index is 11.8. The van der Waals surface area contributed by atoms with Crippen LogP contribution in [0.2, 0.25) is 10.0 Å². The number of nitrogens with one attached hydrogen (secondary N) is 1. The molecule has 0 saturated carbocycles. The Bertz CT molecular complexity index is 632. The summed E-state index contributed by atoms with van der Waals surface area (Å²) in [6.07, 6.45) is 0.667. The normalized spacial score (nSPS) is 18.0. The average Bonchev–Trinajstić information content (AvgIpc) is 2.96. The van der Waals surface area contributed by atoms with E-state index in [1.807, 2.05) is 33.8 Å². The zero-order valence-electron chi connectivity index (χ0n) is 15.9. The van der Waals surface area contributed by atoms with Crippen LogP contribution in [0.3, 0.4) is 0 Å². The molecule has 0 spiro atoms. The van der Waals surface area contributed by atoms with E-state index in [0.717, 1.165) is 37.4 Å². The van der Waals surface area contributed by atoms with Gasteiger partial charge in [0.25, 0.3) is 0 Å². The van der Waals surface area contributed by atoms with Gasteiger partial charge in [-0.2, -0.15) is 0 Å². The third-order valence-corrected chi connectivity index (χ3v) is 4.82. The van der Waals surface area contributed by atoms with Gasteiger partial charge in [-0.3, -0.25) is 4.90 Å². The Morgan fingerprint density at radius 3 is 2.65 bits per heavy atom. The second-order valence-corrected chi connectivity index (χ2v) is 8.39. The zero-order valence-corrected chi connectivity index (χ0v) is 17.4. The maximum absolute atomic E-state index is 11.8. The van der Waals surface area contributed by atoms with Crippen molar-refractivity contribution in [3.8, 4) is 5.75 Å². The average molecular weight is 403 g/mol. The van der Waals surface area contributed by atoms with Crippen molar-refractivity contribution in [1.29, 1.82) is 0 Å². The van der Waals surface area contributed by atoms with Gasteiger partial charge in [0.2, 0.25) is 0 Å². The second kappa shape index (κ2) is 9.16. The molecule has 2 rings (SSSR count). The van der Waals surface area contributed by atoms with Gasteiger partial charge in [0.15, 0.2) is 0 Å². The first-order valence-electron chi connectivity index (χ1n) is 8.98. The van der Waals surface area contributed by atoms with E-state index in [4.69, 9.17) is 32.7 Å². The van der Waals surface area contributed by atoms with Crippen LogP contribution in [0.5, 0.6) is 5.75 Å². The number of carbonyl (C=O) groups excluding carboxylic acids is 1. The molecule has 1 amide bonds. The summed E-state index contributed by atoms with van der Waals surface area (Å²) in [6, 6.07) is 3.65. The van der Waals surface area contributed by atoms with Gasteiger partial charge in [-0.25, -0.2) is 4.79 Å². The number of rotatable bonds is 6. The Morgan fingerprint density at radius 2 is 2.00 bits per heavy atom. The Balaban J connectivity index is 1.88. The van der Waals surface area contributed by atoms with Crippen LogP contribution >= 0.6 is 23.2 Å². The monoisotopic (exact) mass is 402 g/mol. The standard InChI is InChI=1S/C19H28Cl2N2O3/c1-5-25-17-9-16(21)15(20)8-14(17)12-23-7-6-13(11-23)10-22-18(24)26-19(2,3)4/h8-9,13H,5-7,10-12H2,1-4H3,(H,22,24)/t13-/m0/s1. The number of amides is 1. The van der Waals surface area contributed by atoms with Gasteiger partial charge >= 0.3 is 6.09 Å². The minimum absolute atomic E-state index is 0.362. The summed E-state index contributed by atoms with van der Waals surface area (Å²) in [6.45, 7) is 11.3. The highest BCUT2D eigenvalue weighted by Gasteiger charge is 2.25. The fourth-order valence-electron chi connectivity index (χ4n) is 2.99. The molecule has 1 aliphatic heterocycles. The van der Waals surface area contributed by atoms with Crippen LogP contribution in [-0.2, 0) is 11.3 Å². The minimum Gasteiger partial charge on any atom is -0.493 e. The second-order valence-electron chi connectivity index (χ2n) is 7.58. The fraction of sp³-hybridized carbons (Fsp3) is 0.632. The molecule has 26 heavy (non-hydrogen) atoms. The van der Waals surface area contributed by atoms with Crippen LogP contribution in [0.15, 0.2) is 12.1 Å². The summed E-state index contributed by atoms with van der Waals surface area (Å²) >= 11 is 12.3. The predicted octanol–water partition coefficient (Wildman–Crippen LogP) is 4.74. The van der Waals surface area contributed by atoms with Crippen LogP contribution in [0.25, 0.3) is 0 Å². The van der Waals surface area contributed by atoms with E-state index in [9.17, 15) is 4.79 Å². The summed E-state index contributed by atoms with van der Waals surface area (Å²) in [4.78, 5) is 14.1. The van der Waals surface area contributed by atoms with Gasteiger partial charge in [-0.05, 0) is 52.6 Å². The Kier molecular flexibility index (Phi) is 7.44. The number of benzene rings is 1. The van der Waals surface area contributed by atoms with Gasteiger partial charge in [0.05, 0.1) is 16.7 Å². The molecule has 1 heterocycles. The number of ether oxygens (including phenoxy) is 2. The number of hydrogen-bond donors (Lipinski definition) is 1. The highest BCUT2D eigenvalue weighted by Crippen LogP contribution is 2.32. The summed E-state index contributed by atoms with van der Waals surface area (Å²) in [5.74, 6) is 1.18. The molecule has 1 saturated heterocycles. The van der Waals surface area contributed by atoms with E-state index in [1.54, 1.807) is 6.07 Å². The third kappa shape index (κ3) is 6.53. The number of halogens is 2. The molecule has 0 unspecified atom stereocenters. The van der Waals surface area contributed by atoms with Crippen LogP contribution in [0.1, 0.15) is 39.7 Å². The van der Waals surface area contributed by atoms with E-state index in [2.05, 4.69) is 10.2 Å². The van der Waals surface area contributed by atoms with Crippen molar-refractivity contribution in [2.24, 2.45) is 5.92 Å². The molecule has 1 aromatic rings. The summed E-state index contributed by atoms with van der Waals surface area (Å²) in [5.41, 5.74) is 0.553. The van der Waals surface area contributed by atoms with Crippen molar-refractivity contribution in [2.45, 2.75) is 46.3 Å². The van der Waals surface area contributed by atoms with Gasteiger partial charge in [0, 0.05) is 31.3 Å². The summed E-state index contributed by atoms with van der Waals surface area (Å²) in [7, 11) is 0. The van der Waals surface area contributed by atoms with Crippen LogP contribution in [0.4, 0.5) is 4.79 Å². The lowest BCUT2D eigenvalue weighted by molar-refractivity contribution is 0.0519. The molecule has 5 nitrogen and oxygen atoms in total. The number of alkyl carbamates (subject to hydrolysis) is 1. The maximum Gasteiger partial charge on any atom is 0.407 e. The smallest absolute Gasteiger partial charge is 0.407 e. The molecule has 146 valence electrons. The molecule has 1 aromatic carbocycles. The van der Waals surface area contributed by atoms with Crippen molar-refractivity contribution in [3.63, 3.8) is 0 Å². The molecule has 0 bridgehead atoms. The first kappa shape index (κ1) is 21.1. The van der Waals surface area contributed by atoms with Crippen LogP contribution < -0.4 is 10.1 Å². The van der Waals surface area contributed by atoms with Crippen molar-refractivity contribution >= 4 is 29.3 Å². The third-order valence-electron chi connectivity index (χ3n) is 4.10. The van der Waals surface area contributed by atoms with Gasteiger partial charge in [-0.1, -0.05) is 23.2 Å². The van der Waals surface area contributed by atoms with Gasteiger partial charge < -0.3 is 14.8 Å². The number of likely N-dealkylation sites (tertiary alicyclic amines) is 1. The first-order chi connectivity index (χ1) is 12.2. The zero-order chi connectivity index (χ0) is 19.3. The van der Waals surface area contributed by atoms with E-state index in [1.165, 1.54) is 0 Å². The number of nitrogens with zero attached hydrogens (tertiary/aromatic N) is 1. The highest BCUT2D eigenvalue weighted by molar-refractivity contribution is 6.42. The molecule has 7 heteroatoms. The van der Waals surface area contributed by atoms with Crippen molar-refractivity contribution in [1.82, 2.24) is 10.2 Å². The molecule has 0 radical (unpaired) electrons. The van der Waals surface area contributed by atoms with Gasteiger partial charge in [-0.15, -0.1) is 0 Å². The Labute approximate surface area is 165 Å². The molecule has 1 fully saturated rings. The largest absolute Gasteiger partial charge is 0.493 e. The number of hydrogen-bond acceptors (Lipinski definition) is 4. The lowest BCUT2D eigenvalue weighted by Crippen LogP contribution is -2.36. The summed E-state index contributed by atoms with van der Waals surface area (Å²) < 4.78 is 11.0. The molecule has 1 N–H and O–H groups in total. The molecule has 0 aliphatic carbocycles. The van der Waals surface area contributed by atoms with Crippen molar-refractivity contribution in [3.05, 3.63) is 27.7 Å². The van der Waals surface area contributed by atoms with Gasteiger partial charge in [0.1, 0.15) is 11.4 Å². The molecular formula is C19H28Cl2N2O3. The Morgan fingerprint density at radius 1 is 1.31 bits per heavy atom. The quantitative estimate of drug-likeness (QED) is 0.746. The van der Waals surface area contributed by atoms with E-state index in [0.29, 0.717) is 29.1 Å². The molecular weight excluding hydrogens is 375 g/mol. The van der Waals surface area contributed by atoms with Crippen molar-refractivity contribution in [2.75, 3.05) is 26.2 Å². The lowest BCUT2D eigenvalue weighted by atomic mass is 10.1. The van der Waals surface area contributed by atoms with Crippen molar-refractivity contribution < 1.29 is 14.3 Å². The number of carbonyl (C=O) groups is 1. The first-order valence-corrected chi connectivity index (χ1v) is 9.73. The minimum atomic E-state index is -0.477. The van der Waals surface area contributed by atoms with Crippen LogP contribution in [0, 0.1) is 5.92 Å². The molecule has 1 atom stereocenters. The van der Waals surface area contributed by atoms with E-state index < -0.39 is 5.60 Å². The molecule has 0 aromatic heterocycles. The Hall–Kier alpha value is -1.17. The predicted molar refractivity (Wildman–Crippen MR) is 105 cm³/mol. The SMILES string of the molecule is CCOc1cc(Cl)c(Cl)cc1CN1CC[C@@H](CNC(=O)OC(C)(C)C)C1. The fourth-order valence-corrected chi connectivity index (χ4v) is 3.33.